The van der Waals surface area contributed by atoms with Gasteiger partial charge in [0.1, 0.15) is 34.9 Å². The van der Waals surface area contributed by atoms with Gasteiger partial charge in [0, 0.05) is 11.6 Å². The number of alkyl halides is 3. The van der Waals surface area contributed by atoms with Crippen LogP contribution in [0.25, 0.3) is 11.0 Å². The van der Waals surface area contributed by atoms with Crippen LogP contribution in [0.1, 0.15) is 45.5 Å². The van der Waals surface area contributed by atoms with E-state index in [0.29, 0.717) is 40.7 Å². The van der Waals surface area contributed by atoms with Crippen molar-refractivity contribution in [2.45, 2.75) is 38.1 Å². The van der Waals surface area contributed by atoms with Gasteiger partial charge in [-0.1, -0.05) is 0 Å². The molecule has 33 heavy (non-hydrogen) atoms. The first-order chi connectivity index (χ1) is 15.6. The topological polar surface area (TPSA) is 128 Å². The molecule has 2 amide bonds. The molecule has 174 valence electrons. The third-order valence-corrected chi connectivity index (χ3v) is 5.51. The standard InChI is InChI=1S/C22H20F3N3O5/c1-10-19(21(31)28-15(9-29)20(26)30)14-6-12(3-5-17(14)32-10)33-16-4-2-11-8-27-18(7-13(11)16)22(23,24)25/h3,5-8,15-16,29H,2,4,9H2,1H3,(H2,26,30)(H,28,31)/t15-,16?/m0/s1. The Hall–Kier alpha value is -3.60. The summed E-state index contributed by atoms with van der Waals surface area (Å²) in [6, 6.07) is 4.45. The number of ether oxygens (including phenoxy) is 1. The van der Waals surface area contributed by atoms with Crippen LogP contribution in [0.15, 0.2) is 34.9 Å². The van der Waals surface area contributed by atoms with E-state index in [1.807, 2.05) is 0 Å². The molecule has 4 rings (SSSR count). The van der Waals surface area contributed by atoms with Crippen molar-refractivity contribution in [1.29, 1.82) is 0 Å². The fourth-order valence-corrected chi connectivity index (χ4v) is 3.88. The molecule has 0 bridgehead atoms. The molecule has 2 aromatic heterocycles. The minimum Gasteiger partial charge on any atom is -0.486 e. The first kappa shape index (κ1) is 22.6. The first-order valence-corrected chi connectivity index (χ1v) is 10.1. The number of aromatic nitrogens is 1. The SMILES string of the molecule is Cc1oc2ccc(OC3CCc4cnc(C(F)(F)F)cc43)cc2c1C(=O)N[C@@H](CO)C(N)=O. The minimum atomic E-state index is -4.56. The van der Waals surface area contributed by atoms with Crippen molar-refractivity contribution in [2.75, 3.05) is 6.61 Å². The van der Waals surface area contributed by atoms with Gasteiger partial charge in [0.05, 0.1) is 12.2 Å². The largest absolute Gasteiger partial charge is 0.486 e. The molecule has 0 saturated heterocycles. The van der Waals surface area contributed by atoms with E-state index in [-0.39, 0.29) is 11.3 Å². The lowest BCUT2D eigenvalue weighted by atomic mass is 10.1. The molecule has 3 aromatic rings. The van der Waals surface area contributed by atoms with E-state index in [0.717, 1.165) is 6.07 Å². The van der Waals surface area contributed by atoms with Gasteiger partial charge >= 0.3 is 6.18 Å². The summed E-state index contributed by atoms with van der Waals surface area (Å²) < 4.78 is 50.8. The number of amides is 2. The highest BCUT2D eigenvalue weighted by molar-refractivity contribution is 6.08. The molecule has 4 N–H and O–H groups in total. The monoisotopic (exact) mass is 463 g/mol. The molecule has 2 atom stereocenters. The smallest absolute Gasteiger partial charge is 0.433 e. The summed E-state index contributed by atoms with van der Waals surface area (Å²) in [4.78, 5) is 27.6. The number of carbonyl (C=O) groups is 2. The quantitative estimate of drug-likeness (QED) is 0.516. The molecule has 11 heteroatoms. The first-order valence-electron chi connectivity index (χ1n) is 10.1. The minimum absolute atomic E-state index is 0.130. The van der Waals surface area contributed by atoms with Gasteiger partial charge in [0.15, 0.2) is 0 Å². The zero-order valence-electron chi connectivity index (χ0n) is 17.4. The van der Waals surface area contributed by atoms with E-state index < -0.39 is 42.4 Å². The Bertz CT molecular complexity index is 1240. The Kier molecular flexibility index (Phi) is 5.75. The van der Waals surface area contributed by atoms with E-state index in [4.69, 9.17) is 14.9 Å². The molecule has 1 aromatic carbocycles. The highest BCUT2D eigenvalue weighted by Gasteiger charge is 2.35. The fourth-order valence-electron chi connectivity index (χ4n) is 3.88. The number of hydrogen-bond acceptors (Lipinski definition) is 6. The van der Waals surface area contributed by atoms with E-state index in [9.17, 15) is 27.9 Å². The molecule has 1 aliphatic carbocycles. The van der Waals surface area contributed by atoms with Gasteiger partial charge in [0.2, 0.25) is 5.91 Å². The number of carbonyl (C=O) groups excluding carboxylic acids is 2. The summed E-state index contributed by atoms with van der Waals surface area (Å²) in [5.74, 6) is -0.969. The molecule has 0 spiro atoms. The van der Waals surface area contributed by atoms with Crippen molar-refractivity contribution in [3.63, 3.8) is 0 Å². The van der Waals surface area contributed by atoms with E-state index in [1.165, 1.54) is 6.20 Å². The van der Waals surface area contributed by atoms with Crippen molar-refractivity contribution in [2.24, 2.45) is 5.73 Å². The normalized spacial score (nSPS) is 16.5. The van der Waals surface area contributed by atoms with Crippen LogP contribution in [0.4, 0.5) is 13.2 Å². The second kappa shape index (κ2) is 8.39. The van der Waals surface area contributed by atoms with Gasteiger partial charge in [-0.25, -0.2) is 0 Å². The van der Waals surface area contributed by atoms with E-state index >= 15 is 0 Å². The summed E-state index contributed by atoms with van der Waals surface area (Å²) in [5, 5.41) is 12.0. The third-order valence-electron chi connectivity index (χ3n) is 5.51. The van der Waals surface area contributed by atoms with Crippen LogP contribution in [-0.4, -0.2) is 34.6 Å². The Morgan fingerprint density at radius 3 is 2.79 bits per heavy atom. The predicted molar refractivity (Wildman–Crippen MR) is 109 cm³/mol. The van der Waals surface area contributed by atoms with E-state index in [1.54, 1.807) is 25.1 Å². The van der Waals surface area contributed by atoms with Gasteiger partial charge < -0.3 is 25.3 Å². The lowest BCUT2D eigenvalue weighted by Gasteiger charge is -2.16. The van der Waals surface area contributed by atoms with Crippen LogP contribution >= 0.6 is 0 Å². The molecular formula is C22H20F3N3O5. The maximum atomic E-state index is 13.1. The van der Waals surface area contributed by atoms with Gasteiger partial charge in [0.25, 0.3) is 5.91 Å². The van der Waals surface area contributed by atoms with Crippen LogP contribution in [0.2, 0.25) is 0 Å². The highest BCUT2D eigenvalue weighted by Crippen LogP contribution is 2.39. The molecule has 8 nitrogen and oxygen atoms in total. The molecule has 1 unspecified atom stereocenters. The molecule has 0 fully saturated rings. The number of primary amides is 1. The lowest BCUT2D eigenvalue weighted by molar-refractivity contribution is -0.141. The number of fused-ring (bicyclic) bond motifs is 2. The number of nitrogens with one attached hydrogen (secondary N) is 1. The predicted octanol–water partition coefficient (Wildman–Crippen LogP) is 2.80. The summed E-state index contributed by atoms with van der Waals surface area (Å²) in [5.41, 5.74) is 5.79. The maximum Gasteiger partial charge on any atom is 0.433 e. The van der Waals surface area contributed by atoms with Crippen LogP contribution in [-0.2, 0) is 17.4 Å². The Morgan fingerprint density at radius 2 is 2.12 bits per heavy atom. The number of aliphatic hydroxyl groups is 1. The summed E-state index contributed by atoms with van der Waals surface area (Å²) >= 11 is 0. The van der Waals surface area contributed by atoms with Gasteiger partial charge in [-0.3, -0.25) is 14.6 Å². The maximum absolute atomic E-state index is 13.1. The molecule has 2 heterocycles. The number of nitrogens with two attached hydrogens (primary N) is 1. The average molecular weight is 463 g/mol. The second-order valence-corrected chi connectivity index (χ2v) is 7.71. The number of aliphatic hydroxyl groups excluding tert-OH is 1. The van der Waals surface area contributed by atoms with Crippen LogP contribution < -0.4 is 15.8 Å². The average Bonchev–Trinajstić information content (AvgIpc) is 3.30. The van der Waals surface area contributed by atoms with Crippen LogP contribution in [0.5, 0.6) is 5.75 Å². The summed E-state index contributed by atoms with van der Waals surface area (Å²) in [6.45, 7) is 0.896. The molecule has 1 aliphatic rings. The number of hydrogen-bond donors (Lipinski definition) is 3. The van der Waals surface area contributed by atoms with Gasteiger partial charge in [-0.05, 0) is 55.2 Å². The molecular weight excluding hydrogens is 443 g/mol. The summed E-state index contributed by atoms with van der Waals surface area (Å²) in [6.07, 6.45) is -2.94. The van der Waals surface area contributed by atoms with Crippen molar-refractivity contribution >= 4 is 22.8 Å². The fraction of sp³-hybridized carbons (Fsp3) is 0.318. The zero-order valence-corrected chi connectivity index (χ0v) is 17.4. The van der Waals surface area contributed by atoms with Crippen LogP contribution in [0.3, 0.4) is 0 Å². The molecule has 0 aliphatic heterocycles. The van der Waals surface area contributed by atoms with Gasteiger partial charge in [-0.15, -0.1) is 0 Å². The zero-order chi connectivity index (χ0) is 23.9. The number of halogens is 3. The Labute approximate surface area is 185 Å². The number of nitrogens with zero attached hydrogens (tertiary/aromatic N) is 1. The van der Waals surface area contributed by atoms with Crippen molar-refractivity contribution in [1.82, 2.24) is 10.3 Å². The number of rotatable bonds is 6. The lowest BCUT2D eigenvalue weighted by Crippen LogP contribution is -2.46. The number of pyridine rings is 1. The molecule has 0 saturated carbocycles. The van der Waals surface area contributed by atoms with Crippen LogP contribution in [0, 0.1) is 6.92 Å². The van der Waals surface area contributed by atoms with Gasteiger partial charge in [-0.2, -0.15) is 13.2 Å². The second-order valence-electron chi connectivity index (χ2n) is 7.71. The molecule has 0 radical (unpaired) electrons. The summed E-state index contributed by atoms with van der Waals surface area (Å²) in [7, 11) is 0. The van der Waals surface area contributed by atoms with Crippen molar-refractivity contribution < 1.29 is 37.0 Å². The number of furan rings is 1. The third kappa shape index (κ3) is 4.36. The number of benzene rings is 1. The van der Waals surface area contributed by atoms with E-state index in [2.05, 4.69) is 10.3 Å². The van der Waals surface area contributed by atoms with Crippen molar-refractivity contribution in [3.05, 3.63) is 58.6 Å². The Morgan fingerprint density at radius 1 is 1.36 bits per heavy atom. The highest BCUT2D eigenvalue weighted by atomic mass is 19.4. The number of aryl methyl sites for hydroxylation is 2. The Balaban J connectivity index is 1.63. The van der Waals surface area contributed by atoms with Crippen molar-refractivity contribution in [3.8, 4) is 5.75 Å².